The van der Waals surface area contributed by atoms with Crippen LogP contribution in [0, 0.1) is 11.3 Å². The van der Waals surface area contributed by atoms with Crippen molar-refractivity contribution in [1.29, 1.82) is 0 Å². The van der Waals surface area contributed by atoms with Crippen LogP contribution in [0.4, 0.5) is 5.00 Å². The molecule has 2 heterocycles. The number of thiocarbonyl (C=S) groups is 1. The quantitative estimate of drug-likeness (QED) is 0.223. The number of rotatable bonds is 5. The Morgan fingerprint density at radius 2 is 1.97 bits per heavy atom. The number of hydrogen-bond donors (Lipinski definition) is 3. The molecule has 2 aromatic heterocycles. The summed E-state index contributed by atoms with van der Waals surface area (Å²) in [4.78, 5) is 25.9. The Labute approximate surface area is 235 Å². The summed E-state index contributed by atoms with van der Waals surface area (Å²) in [5.41, 5.74) is 8.03. The average molecular weight is 577 g/mol. The molecule has 1 aromatic carbocycles. The van der Waals surface area contributed by atoms with Crippen LogP contribution in [-0.4, -0.2) is 16.9 Å². The van der Waals surface area contributed by atoms with Crippen molar-refractivity contribution >= 4 is 74.8 Å². The van der Waals surface area contributed by atoms with Crippen molar-refractivity contribution in [2.24, 2.45) is 17.1 Å². The Kier molecular flexibility index (Phi) is 8.14. The molecule has 1 atom stereocenters. The van der Waals surface area contributed by atoms with Gasteiger partial charge in [0.2, 0.25) is 5.91 Å². The second-order valence-corrected chi connectivity index (χ2v) is 12.3. The first-order chi connectivity index (χ1) is 17.4. The molecule has 2 amide bonds. The number of furan rings is 1. The number of halogens is 2. The molecule has 4 N–H and O–H groups in total. The molecule has 0 saturated heterocycles. The number of carbonyl (C=O) groups excluding carboxylic acids is 2. The third-order valence-corrected chi connectivity index (χ3v) is 8.34. The first-order valence-corrected chi connectivity index (χ1v) is 13.7. The second kappa shape index (κ2) is 11.0. The molecule has 0 spiro atoms. The van der Waals surface area contributed by atoms with Gasteiger partial charge >= 0.3 is 0 Å². The van der Waals surface area contributed by atoms with Gasteiger partial charge in [0.1, 0.15) is 16.5 Å². The van der Waals surface area contributed by atoms with Gasteiger partial charge in [-0.05, 0) is 84.8 Å². The van der Waals surface area contributed by atoms with Gasteiger partial charge < -0.3 is 15.5 Å². The topological polar surface area (TPSA) is 97.4 Å². The van der Waals surface area contributed by atoms with E-state index in [1.165, 1.54) is 23.5 Å². The van der Waals surface area contributed by atoms with E-state index in [1.807, 2.05) is 0 Å². The molecule has 4 rings (SSSR count). The highest BCUT2D eigenvalue weighted by Crippen LogP contribution is 2.44. The first kappa shape index (κ1) is 27.4. The fraction of sp³-hybridized carbons (Fsp3) is 0.296. The van der Waals surface area contributed by atoms with Crippen molar-refractivity contribution in [3.8, 4) is 11.3 Å². The summed E-state index contributed by atoms with van der Waals surface area (Å²) in [6.45, 7) is 6.71. The Hall–Kier alpha value is -2.65. The molecular weight excluding hydrogens is 549 g/mol. The van der Waals surface area contributed by atoms with Crippen LogP contribution in [0.3, 0.4) is 0 Å². The summed E-state index contributed by atoms with van der Waals surface area (Å²) in [7, 11) is 0. The van der Waals surface area contributed by atoms with Crippen molar-refractivity contribution in [3.05, 3.63) is 68.2 Å². The molecule has 37 heavy (non-hydrogen) atoms. The Morgan fingerprint density at radius 3 is 2.65 bits per heavy atom. The van der Waals surface area contributed by atoms with Crippen LogP contribution in [0.2, 0.25) is 10.0 Å². The highest BCUT2D eigenvalue weighted by molar-refractivity contribution is 7.80. The number of primary amides is 1. The normalized spacial score (nSPS) is 15.4. The van der Waals surface area contributed by atoms with Crippen molar-refractivity contribution in [1.82, 2.24) is 5.32 Å². The zero-order valence-corrected chi connectivity index (χ0v) is 23.8. The summed E-state index contributed by atoms with van der Waals surface area (Å²) >= 11 is 19.0. The van der Waals surface area contributed by atoms with Crippen LogP contribution in [0.25, 0.3) is 17.4 Å². The average Bonchev–Trinajstić information content (AvgIpc) is 3.40. The maximum Gasteiger partial charge on any atom is 0.251 e. The minimum atomic E-state index is -0.502. The van der Waals surface area contributed by atoms with E-state index in [-0.39, 0.29) is 10.5 Å². The van der Waals surface area contributed by atoms with Crippen molar-refractivity contribution in [2.75, 3.05) is 5.32 Å². The highest BCUT2D eigenvalue weighted by Gasteiger charge is 2.33. The number of nitrogens with one attached hydrogen (secondary N) is 2. The smallest absolute Gasteiger partial charge is 0.251 e. The number of fused-ring (bicyclic) bond motifs is 1. The molecule has 10 heteroatoms. The van der Waals surface area contributed by atoms with Gasteiger partial charge in [0.05, 0.1) is 10.6 Å². The Balaban J connectivity index is 1.41. The maximum atomic E-state index is 12.5. The van der Waals surface area contributed by atoms with Gasteiger partial charge in [0.15, 0.2) is 5.11 Å². The van der Waals surface area contributed by atoms with Crippen LogP contribution >= 0.6 is 46.8 Å². The maximum absolute atomic E-state index is 12.5. The molecule has 0 fully saturated rings. The number of thiophene rings is 1. The fourth-order valence-corrected chi connectivity index (χ4v) is 6.50. The van der Waals surface area contributed by atoms with Gasteiger partial charge in [-0.25, -0.2) is 0 Å². The van der Waals surface area contributed by atoms with E-state index in [9.17, 15) is 9.59 Å². The van der Waals surface area contributed by atoms with Crippen LogP contribution in [0.1, 0.15) is 53.8 Å². The molecule has 0 saturated carbocycles. The van der Waals surface area contributed by atoms with Crippen LogP contribution in [0.5, 0.6) is 0 Å². The van der Waals surface area contributed by atoms with Crippen LogP contribution < -0.4 is 16.4 Å². The van der Waals surface area contributed by atoms with Crippen LogP contribution in [0.15, 0.2) is 40.8 Å². The van der Waals surface area contributed by atoms with E-state index < -0.39 is 11.8 Å². The summed E-state index contributed by atoms with van der Waals surface area (Å²) < 4.78 is 5.77. The van der Waals surface area contributed by atoms with E-state index in [2.05, 4.69) is 31.4 Å². The zero-order valence-electron chi connectivity index (χ0n) is 20.6. The molecule has 6 nitrogen and oxygen atoms in total. The van der Waals surface area contributed by atoms with E-state index in [1.54, 1.807) is 30.3 Å². The summed E-state index contributed by atoms with van der Waals surface area (Å²) in [5, 5.41) is 7.25. The number of benzene rings is 1. The Morgan fingerprint density at radius 1 is 1.22 bits per heavy atom. The lowest BCUT2D eigenvalue weighted by atomic mass is 9.72. The van der Waals surface area contributed by atoms with Gasteiger partial charge in [-0.15, -0.1) is 11.3 Å². The highest BCUT2D eigenvalue weighted by atomic mass is 35.5. The zero-order chi connectivity index (χ0) is 26.9. The first-order valence-electron chi connectivity index (χ1n) is 11.7. The van der Waals surface area contributed by atoms with E-state index >= 15 is 0 Å². The molecule has 0 bridgehead atoms. The number of carbonyl (C=O) groups is 2. The number of nitrogens with two attached hydrogens (primary N) is 1. The predicted molar refractivity (Wildman–Crippen MR) is 155 cm³/mol. The molecule has 0 aliphatic heterocycles. The van der Waals surface area contributed by atoms with E-state index in [0.29, 0.717) is 43.6 Å². The van der Waals surface area contributed by atoms with E-state index in [0.717, 1.165) is 29.7 Å². The lowest BCUT2D eigenvalue weighted by Crippen LogP contribution is -2.33. The second-order valence-electron chi connectivity index (χ2n) is 9.98. The minimum absolute atomic E-state index is 0.0798. The minimum Gasteiger partial charge on any atom is -0.457 e. The molecule has 3 aromatic rings. The number of hydrogen-bond acceptors (Lipinski definition) is 5. The molecule has 194 valence electrons. The molecule has 1 aliphatic carbocycles. The standard InChI is InChI=1S/C27H27Cl2N3O3S2/c1-27(2,3)14-4-8-18-21(12-14)37-25(23(18)24(30)34)32-26(36)31-22(33)11-7-16-6-10-20(35-16)17-9-5-15(28)13-19(17)29/h5-7,9-11,13-14H,4,8,12H2,1-3H3,(H2,30,34)(H2,31,32,33,36)/b11-7+. The fourth-order valence-electron chi connectivity index (χ4n) is 4.40. The Bertz CT molecular complexity index is 1400. The van der Waals surface area contributed by atoms with Gasteiger partial charge in [0.25, 0.3) is 5.91 Å². The van der Waals surface area contributed by atoms with Crippen molar-refractivity contribution in [2.45, 2.75) is 40.0 Å². The third-order valence-electron chi connectivity index (χ3n) is 6.42. The van der Waals surface area contributed by atoms with Gasteiger partial charge in [0, 0.05) is 21.5 Å². The molecular formula is C27H27Cl2N3O3S2. The summed E-state index contributed by atoms with van der Waals surface area (Å²) in [6, 6.07) is 8.60. The molecule has 1 aliphatic rings. The predicted octanol–water partition coefficient (Wildman–Crippen LogP) is 7.09. The number of anilines is 1. The van der Waals surface area contributed by atoms with Crippen molar-refractivity contribution < 1.29 is 14.0 Å². The number of amides is 2. The lowest BCUT2D eigenvalue weighted by Gasteiger charge is -2.33. The summed E-state index contributed by atoms with van der Waals surface area (Å²) in [6.07, 6.45) is 5.51. The third kappa shape index (κ3) is 6.44. The molecule has 1 unspecified atom stereocenters. The van der Waals surface area contributed by atoms with E-state index in [4.69, 9.17) is 45.6 Å². The van der Waals surface area contributed by atoms with Gasteiger partial charge in [-0.2, -0.15) is 0 Å². The SMILES string of the molecule is CC(C)(C)C1CCc2c(sc(NC(=S)NC(=O)/C=C/c3ccc(-c4ccc(Cl)cc4Cl)o3)c2C(N)=O)C1. The van der Waals surface area contributed by atoms with Crippen LogP contribution in [-0.2, 0) is 17.6 Å². The van der Waals surface area contributed by atoms with Gasteiger partial charge in [-0.1, -0.05) is 44.0 Å². The monoisotopic (exact) mass is 575 g/mol. The van der Waals surface area contributed by atoms with Gasteiger partial charge in [-0.3, -0.25) is 14.9 Å². The van der Waals surface area contributed by atoms with Crippen molar-refractivity contribution in [3.63, 3.8) is 0 Å². The lowest BCUT2D eigenvalue weighted by molar-refractivity contribution is -0.115. The largest absolute Gasteiger partial charge is 0.457 e. The molecule has 0 radical (unpaired) electrons. The summed E-state index contributed by atoms with van der Waals surface area (Å²) in [5.74, 6) is 0.577.